The van der Waals surface area contributed by atoms with E-state index in [1.807, 2.05) is 13.8 Å². The molecule has 0 saturated carbocycles. The maximum atomic E-state index is 12.3. The van der Waals surface area contributed by atoms with Gasteiger partial charge in [0.25, 0.3) is 0 Å². The predicted octanol–water partition coefficient (Wildman–Crippen LogP) is 1.76. The molecule has 0 radical (unpaired) electrons. The Morgan fingerprint density at radius 1 is 1.38 bits per heavy atom. The molecule has 1 unspecified atom stereocenters. The van der Waals surface area contributed by atoms with Gasteiger partial charge < -0.3 is 10.6 Å². The summed E-state index contributed by atoms with van der Waals surface area (Å²) in [5, 5.41) is 6.05. The summed E-state index contributed by atoms with van der Waals surface area (Å²) in [7, 11) is 0. The molecule has 1 aliphatic rings. The lowest BCUT2D eigenvalue weighted by atomic mass is 10.1. The molecule has 1 fully saturated rings. The van der Waals surface area contributed by atoms with Crippen molar-refractivity contribution in [2.75, 3.05) is 32.7 Å². The first-order valence-corrected chi connectivity index (χ1v) is 7.55. The van der Waals surface area contributed by atoms with E-state index in [1.54, 1.807) is 0 Å². The van der Waals surface area contributed by atoms with Crippen molar-refractivity contribution in [2.24, 2.45) is 5.92 Å². The number of halogens is 3. The molecule has 1 atom stereocenters. The fraction of sp³-hybridized carbons (Fsp3) is 0.929. The van der Waals surface area contributed by atoms with Crippen molar-refractivity contribution in [3.8, 4) is 0 Å². The predicted molar refractivity (Wildman–Crippen MR) is 76.0 cm³/mol. The van der Waals surface area contributed by atoms with Crippen molar-refractivity contribution in [2.45, 2.75) is 45.3 Å². The Balaban J connectivity index is 2.09. The van der Waals surface area contributed by atoms with Crippen LogP contribution in [0.3, 0.4) is 0 Å². The summed E-state index contributed by atoms with van der Waals surface area (Å²) >= 11 is 0. The third-order valence-electron chi connectivity index (χ3n) is 3.49. The van der Waals surface area contributed by atoms with Crippen molar-refractivity contribution in [3.05, 3.63) is 0 Å². The van der Waals surface area contributed by atoms with Crippen molar-refractivity contribution in [1.82, 2.24) is 15.5 Å². The van der Waals surface area contributed by atoms with E-state index >= 15 is 0 Å². The highest BCUT2D eigenvalue weighted by atomic mass is 19.4. The Bertz CT molecular complexity index is 321. The van der Waals surface area contributed by atoms with Crippen LogP contribution in [0, 0.1) is 5.92 Å². The molecule has 21 heavy (non-hydrogen) atoms. The monoisotopic (exact) mass is 309 g/mol. The fourth-order valence-corrected chi connectivity index (χ4v) is 2.46. The quantitative estimate of drug-likeness (QED) is 0.672. The van der Waals surface area contributed by atoms with Gasteiger partial charge in [-0.1, -0.05) is 13.8 Å². The number of carbonyl (C=O) groups excluding carboxylic acids is 1. The summed E-state index contributed by atoms with van der Waals surface area (Å²) in [6.45, 7) is 5.39. The van der Waals surface area contributed by atoms with Gasteiger partial charge in [0.1, 0.15) is 0 Å². The van der Waals surface area contributed by atoms with Crippen molar-refractivity contribution in [3.63, 3.8) is 0 Å². The highest BCUT2D eigenvalue weighted by Gasteiger charge is 2.34. The van der Waals surface area contributed by atoms with Crippen LogP contribution in [0.15, 0.2) is 0 Å². The fourth-order valence-electron chi connectivity index (χ4n) is 2.46. The number of carbonyl (C=O) groups is 1. The first kappa shape index (κ1) is 18.2. The second kappa shape index (κ2) is 8.58. The lowest BCUT2D eigenvalue weighted by Crippen LogP contribution is -2.35. The standard InChI is InChI=1S/C14H26F3N3O/c1-11(2)18-6-3-4-13(21)19-8-12-5-7-20(9-12)10-14(15,16)17/h11-12,18H,3-10H2,1-2H3,(H,19,21). The largest absolute Gasteiger partial charge is 0.401 e. The first-order valence-electron chi connectivity index (χ1n) is 7.55. The maximum Gasteiger partial charge on any atom is 0.401 e. The van der Waals surface area contributed by atoms with Crippen LogP contribution in [0.4, 0.5) is 13.2 Å². The van der Waals surface area contributed by atoms with E-state index in [-0.39, 0.29) is 11.8 Å². The molecule has 0 aliphatic carbocycles. The number of hydrogen-bond acceptors (Lipinski definition) is 3. The normalized spacial score (nSPS) is 20.2. The molecule has 0 aromatic carbocycles. The third-order valence-corrected chi connectivity index (χ3v) is 3.49. The van der Waals surface area contributed by atoms with Gasteiger partial charge in [-0.05, 0) is 31.8 Å². The maximum absolute atomic E-state index is 12.3. The Morgan fingerprint density at radius 2 is 2.10 bits per heavy atom. The van der Waals surface area contributed by atoms with Gasteiger partial charge in [-0.25, -0.2) is 0 Å². The van der Waals surface area contributed by atoms with Crippen LogP contribution in [-0.4, -0.2) is 55.7 Å². The van der Waals surface area contributed by atoms with Crippen LogP contribution < -0.4 is 10.6 Å². The molecule has 2 N–H and O–H groups in total. The zero-order valence-electron chi connectivity index (χ0n) is 12.8. The van der Waals surface area contributed by atoms with Crippen LogP contribution in [-0.2, 0) is 4.79 Å². The van der Waals surface area contributed by atoms with Crippen LogP contribution in [0.5, 0.6) is 0 Å². The molecule has 4 nitrogen and oxygen atoms in total. The van der Waals surface area contributed by atoms with E-state index in [2.05, 4.69) is 10.6 Å². The van der Waals surface area contributed by atoms with Gasteiger partial charge >= 0.3 is 6.18 Å². The van der Waals surface area contributed by atoms with E-state index in [0.29, 0.717) is 38.5 Å². The molecule has 7 heteroatoms. The van der Waals surface area contributed by atoms with Crippen LogP contribution in [0.2, 0.25) is 0 Å². The van der Waals surface area contributed by atoms with Gasteiger partial charge in [-0.2, -0.15) is 13.2 Å². The summed E-state index contributed by atoms with van der Waals surface area (Å²) in [5.74, 6) is 0.111. The number of alkyl halides is 3. The summed E-state index contributed by atoms with van der Waals surface area (Å²) in [4.78, 5) is 13.0. The second-order valence-corrected chi connectivity index (χ2v) is 6.02. The highest BCUT2D eigenvalue weighted by Crippen LogP contribution is 2.22. The molecule has 0 spiro atoms. The van der Waals surface area contributed by atoms with E-state index in [9.17, 15) is 18.0 Å². The molecule has 0 bridgehead atoms. The Hall–Kier alpha value is -0.820. The molecule has 0 aromatic rings. The van der Waals surface area contributed by atoms with Crippen molar-refractivity contribution in [1.29, 1.82) is 0 Å². The molecule has 1 heterocycles. The van der Waals surface area contributed by atoms with Crippen LogP contribution >= 0.6 is 0 Å². The summed E-state index contributed by atoms with van der Waals surface area (Å²) in [6.07, 6.45) is -2.19. The average Bonchev–Trinajstić information content (AvgIpc) is 2.77. The number of nitrogens with one attached hydrogen (secondary N) is 2. The first-order chi connectivity index (χ1) is 9.76. The summed E-state index contributed by atoms with van der Waals surface area (Å²) in [6, 6.07) is 0.408. The Morgan fingerprint density at radius 3 is 2.71 bits per heavy atom. The van der Waals surface area contributed by atoms with Gasteiger partial charge in [0, 0.05) is 25.6 Å². The van der Waals surface area contributed by atoms with E-state index in [4.69, 9.17) is 0 Å². The van der Waals surface area contributed by atoms with Gasteiger partial charge in [0.2, 0.25) is 5.91 Å². The van der Waals surface area contributed by atoms with Crippen molar-refractivity contribution >= 4 is 5.91 Å². The smallest absolute Gasteiger partial charge is 0.356 e. The van der Waals surface area contributed by atoms with E-state index in [0.717, 1.165) is 13.0 Å². The second-order valence-electron chi connectivity index (χ2n) is 6.02. The van der Waals surface area contributed by atoms with Crippen LogP contribution in [0.25, 0.3) is 0 Å². The van der Waals surface area contributed by atoms with Crippen LogP contribution in [0.1, 0.15) is 33.1 Å². The Kier molecular flexibility index (Phi) is 7.45. The minimum absolute atomic E-state index is 0.0187. The molecule has 0 aromatic heterocycles. The number of nitrogens with zero attached hydrogens (tertiary/aromatic N) is 1. The zero-order valence-corrected chi connectivity index (χ0v) is 12.8. The number of rotatable bonds is 8. The van der Waals surface area contributed by atoms with Gasteiger partial charge in [-0.3, -0.25) is 9.69 Å². The van der Waals surface area contributed by atoms with Gasteiger partial charge in [-0.15, -0.1) is 0 Å². The minimum atomic E-state index is -4.14. The molecular formula is C14H26F3N3O. The highest BCUT2D eigenvalue weighted by molar-refractivity contribution is 5.75. The van der Waals surface area contributed by atoms with E-state index in [1.165, 1.54) is 4.90 Å². The SMILES string of the molecule is CC(C)NCCCC(=O)NCC1CCN(CC(F)(F)F)C1. The molecule has 1 rings (SSSR count). The number of likely N-dealkylation sites (tertiary alicyclic amines) is 1. The molecule has 1 saturated heterocycles. The molecule has 124 valence electrons. The van der Waals surface area contributed by atoms with E-state index < -0.39 is 12.7 Å². The average molecular weight is 309 g/mol. The molecule has 1 aliphatic heterocycles. The number of hydrogen-bond donors (Lipinski definition) is 2. The Labute approximate surface area is 124 Å². The molecule has 1 amide bonds. The number of amides is 1. The lowest BCUT2D eigenvalue weighted by molar-refractivity contribution is -0.143. The molecular weight excluding hydrogens is 283 g/mol. The van der Waals surface area contributed by atoms with Gasteiger partial charge in [0.15, 0.2) is 0 Å². The summed E-state index contributed by atoms with van der Waals surface area (Å²) in [5.41, 5.74) is 0. The summed E-state index contributed by atoms with van der Waals surface area (Å²) < 4.78 is 36.8. The zero-order chi connectivity index (χ0) is 15.9. The minimum Gasteiger partial charge on any atom is -0.356 e. The third kappa shape index (κ3) is 8.93. The topological polar surface area (TPSA) is 44.4 Å². The van der Waals surface area contributed by atoms with Crippen molar-refractivity contribution < 1.29 is 18.0 Å². The van der Waals surface area contributed by atoms with Gasteiger partial charge in [0.05, 0.1) is 6.54 Å². The lowest BCUT2D eigenvalue weighted by Gasteiger charge is -2.18.